The molecule has 0 aromatic heterocycles. The molecule has 2 heterocycles. The zero-order valence-electron chi connectivity index (χ0n) is 10.7. The number of hydrogen-bond acceptors (Lipinski definition) is 2. The van der Waals surface area contributed by atoms with Gasteiger partial charge in [0.05, 0.1) is 23.8 Å². The third-order valence-corrected chi connectivity index (χ3v) is 4.21. The Hall–Kier alpha value is -1.07. The van der Waals surface area contributed by atoms with Crippen molar-refractivity contribution < 1.29 is 17.9 Å². The van der Waals surface area contributed by atoms with Crippen LogP contribution in [-0.4, -0.2) is 12.6 Å². The lowest BCUT2D eigenvalue weighted by Gasteiger charge is -2.46. The molecule has 2 aliphatic rings. The van der Waals surface area contributed by atoms with Gasteiger partial charge >= 0.3 is 6.18 Å². The van der Waals surface area contributed by atoms with Crippen molar-refractivity contribution in [3.05, 3.63) is 34.9 Å². The lowest BCUT2D eigenvalue weighted by atomic mass is 9.77. The summed E-state index contributed by atoms with van der Waals surface area (Å²) in [7, 11) is 0. The summed E-state index contributed by atoms with van der Waals surface area (Å²) in [4.78, 5) is 0. The highest BCUT2D eigenvalue weighted by atomic mass is 19.4. The van der Waals surface area contributed by atoms with Crippen LogP contribution in [0.25, 0.3) is 0 Å². The molecule has 0 amide bonds. The molecule has 0 unspecified atom stereocenters. The van der Waals surface area contributed by atoms with E-state index < -0.39 is 11.7 Å². The SMILES string of the molecule is C[C@]12NCCC[C@@H]1OCc1cc(C(F)(F)F)ccc12. The van der Waals surface area contributed by atoms with Crippen molar-refractivity contribution in [2.24, 2.45) is 0 Å². The van der Waals surface area contributed by atoms with Crippen molar-refractivity contribution in [3.8, 4) is 0 Å². The van der Waals surface area contributed by atoms with Gasteiger partial charge in [-0.1, -0.05) is 6.07 Å². The minimum Gasteiger partial charge on any atom is -0.371 e. The van der Waals surface area contributed by atoms with Crippen molar-refractivity contribution in [2.75, 3.05) is 6.54 Å². The normalized spacial score (nSPS) is 30.6. The molecular formula is C14H16F3NO. The zero-order chi connectivity index (χ0) is 13.7. The summed E-state index contributed by atoms with van der Waals surface area (Å²) >= 11 is 0. The molecule has 1 fully saturated rings. The average molecular weight is 271 g/mol. The summed E-state index contributed by atoms with van der Waals surface area (Å²) in [6, 6.07) is 3.99. The van der Waals surface area contributed by atoms with E-state index in [-0.39, 0.29) is 18.2 Å². The van der Waals surface area contributed by atoms with Crippen molar-refractivity contribution in [1.82, 2.24) is 5.32 Å². The van der Waals surface area contributed by atoms with Gasteiger partial charge in [-0.3, -0.25) is 0 Å². The number of rotatable bonds is 0. The van der Waals surface area contributed by atoms with E-state index >= 15 is 0 Å². The van der Waals surface area contributed by atoms with Gasteiger partial charge in [0.2, 0.25) is 0 Å². The van der Waals surface area contributed by atoms with E-state index in [9.17, 15) is 13.2 Å². The van der Waals surface area contributed by atoms with Gasteiger partial charge in [0, 0.05) is 0 Å². The molecule has 5 heteroatoms. The summed E-state index contributed by atoms with van der Waals surface area (Å²) in [5.41, 5.74) is 0.614. The van der Waals surface area contributed by atoms with Crippen LogP contribution in [0.15, 0.2) is 18.2 Å². The third-order valence-electron chi connectivity index (χ3n) is 4.21. The maximum Gasteiger partial charge on any atom is 0.416 e. The Bertz CT molecular complexity index is 500. The van der Waals surface area contributed by atoms with Crippen LogP contribution >= 0.6 is 0 Å². The Morgan fingerprint density at radius 2 is 2.16 bits per heavy atom. The molecule has 1 N–H and O–H groups in total. The van der Waals surface area contributed by atoms with E-state index in [1.165, 1.54) is 12.1 Å². The van der Waals surface area contributed by atoms with E-state index in [1.807, 2.05) is 6.92 Å². The summed E-state index contributed by atoms with van der Waals surface area (Å²) in [5, 5.41) is 3.41. The first-order valence-corrected chi connectivity index (χ1v) is 6.48. The largest absolute Gasteiger partial charge is 0.416 e. The maximum absolute atomic E-state index is 12.7. The van der Waals surface area contributed by atoms with Gasteiger partial charge in [0.15, 0.2) is 0 Å². The van der Waals surface area contributed by atoms with Crippen LogP contribution in [0.3, 0.4) is 0 Å². The highest BCUT2D eigenvalue weighted by Crippen LogP contribution is 2.41. The summed E-state index contributed by atoms with van der Waals surface area (Å²) in [6.07, 6.45) is -2.27. The molecule has 0 bridgehead atoms. The van der Waals surface area contributed by atoms with E-state index in [0.717, 1.165) is 24.9 Å². The topological polar surface area (TPSA) is 21.3 Å². The predicted octanol–water partition coefficient (Wildman–Crippen LogP) is 3.20. The van der Waals surface area contributed by atoms with Crippen molar-refractivity contribution in [1.29, 1.82) is 0 Å². The second kappa shape index (κ2) is 4.21. The van der Waals surface area contributed by atoms with E-state index in [2.05, 4.69) is 5.32 Å². The van der Waals surface area contributed by atoms with E-state index in [1.54, 1.807) is 6.07 Å². The number of nitrogens with one attached hydrogen (secondary N) is 1. The monoisotopic (exact) mass is 271 g/mol. The minimum atomic E-state index is -4.30. The van der Waals surface area contributed by atoms with Crippen molar-refractivity contribution >= 4 is 0 Å². The Labute approximate surface area is 109 Å². The van der Waals surface area contributed by atoms with Crippen LogP contribution in [0.1, 0.15) is 36.5 Å². The number of alkyl halides is 3. The summed E-state index contributed by atoms with van der Waals surface area (Å²) < 4.78 is 43.9. The Morgan fingerprint density at radius 3 is 2.89 bits per heavy atom. The molecule has 3 rings (SSSR count). The first-order valence-electron chi connectivity index (χ1n) is 6.48. The predicted molar refractivity (Wildman–Crippen MR) is 64.6 cm³/mol. The van der Waals surface area contributed by atoms with Crippen molar-refractivity contribution in [3.63, 3.8) is 0 Å². The number of halogens is 3. The molecule has 0 aliphatic carbocycles. The lowest BCUT2D eigenvalue weighted by molar-refractivity contribution is -0.137. The number of benzene rings is 1. The van der Waals surface area contributed by atoms with Gasteiger partial charge in [-0.25, -0.2) is 0 Å². The van der Waals surface area contributed by atoms with Crippen LogP contribution in [0.5, 0.6) is 0 Å². The van der Waals surface area contributed by atoms with Crippen molar-refractivity contribution in [2.45, 2.75) is 44.2 Å². The lowest BCUT2D eigenvalue weighted by Crippen LogP contribution is -2.56. The second-order valence-corrected chi connectivity index (χ2v) is 5.44. The molecular weight excluding hydrogens is 255 g/mol. The first kappa shape index (κ1) is 12.9. The molecule has 1 saturated heterocycles. The second-order valence-electron chi connectivity index (χ2n) is 5.44. The molecule has 0 saturated carbocycles. The zero-order valence-corrected chi connectivity index (χ0v) is 10.7. The Kier molecular flexibility index (Phi) is 2.87. The molecule has 1 aromatic carbocycles. The average Bonchev–Trinajstić information content (AvgIpc) is 2.36. The minimum absolute atomic E-state index is 0.0467. The molecule has 2 nitrogen and oxygen atoms in total. The van der Waals surface area contributed by atoms with Gasteiger partial charge in [0.1, 0.15) is 0 Å². The van der Waals surface area contributed by atoms with Crippen LogP contribution < -0.4 is 5.32 Å². The number of hydrogen-bond donors (Lipinski definition) is 1. The fraction of sp³-hybridized carbons (Fsp3) is 0.571. The highest BCUT2D eigenvalue weighted by Gasteiger charge is 2.43. The molecule has 1 aromatic rings. The number of fused-ring (bicyclic) bond motifs is 3. The molecule has 2 atom stereocenters. The first-order chi connectivity index (χ1) is 8.91. The highest BCUT2D eigenvalue weighted by molar-refractivity contribution is 5.40. The third kappa shape index (κ3) is 2.05. The summed E-state index contributed by atoms with van der Waals surface area (Å²) in [6.45, 7) is 3.15. The molecule has 104 valence electrons. The molecule has 19 heavy (non-hydrogen) atoms. The number of piperidine rings is 1. The van der Waals surface area contributed by atoms with E-state index in [4.69, 9.17) is 4.74 Å². The quantitative estimate of drug-likeness (QED) is 0.782. The Morgan fingerprint density at radius 1 is 1.37 bits per heavy atom. The number of ether oxygens (including phenoxy) is 1. The van der Waals surface area contributed by atoms with Crippen LogP contribution in [-0.2, 0) is 23.1 Å². The fourth-order valence-electron chi connectivity index (χ4n) is 3.14. The maximum atomic E-state index is 12.7. The van der Waals surface area contributed by atoms with Gasteiger partial charge in [-0.05, 0) is 49.6 Å². The smallest absolute Gasteiger partial charge is 0.371 e. The van der Waals surface area contributed by atoms with E-state index in [0.29, 0.717) is 5.56 Å². The molecule has 0 radical (unpaired) electrons. The van der Waals surface area contributed by atoms with Gasteiger partial charge < -0.3 is 10.1 Å². The van der Waals surface area contributed by atoms with Gasteiger partial charge in [0.25, 0.3) is 0 Å². The Balaban J connectivity index is 2.04. The molecule has 0 spiro atoms. The molecule has 2 aliphatic heterocycles. The fourth-order valence-corrected chi connectivity index (χ4v) is 3.14. The standard InChI is InChI=1S/C14H16F3NO/c1-13-11-5-4-10(14(15,16)17)7-9(11)8-19-12(13)3-2-6-18-13/h4-5,7,12,18H,2-3,6,8H2,1H3/t12-,13+/m0/s1. The van der Waals surface area contributed by atoms with Crippen LogP contribution in [0, 0.1) is 0 Å². The van der Waals surface area contributed by atoms with Gasteiger partial charge in [-0.2, -0.15) is 13.2 Å². The van der Waals surface area contributed by atoms with Gasteiger partial charge in [-0.15, -0.1) is 0 Å². The summed E-state index contributed by atoms with van der Waals surface area (Å²) in [5.74, 6) is 0. The van der Waals surface area contributed by atoms with Crippen LogP contribution in [0.4, 0.5) is 13.2 Å². The van der Waals surface area contributed by atoms with Crippen LogP contribution in [0.2, 0.25) is 0 Å².